The van der Waals surface area contributed by atoms with Gasteiger partial charge in [-0.15, -0.1) is 0 Å². The van der Waals surface area contributed by atoms with Crippen molar-refractivity contribution in [2.24, 2.45) is 0 Å². The van der Waals surface area contributed by atoms with E-state index in [0.717, 1.165) is 5.56 Å². The van der Waals surface area contributed by atoms with Crippen LogP contribution in [0.3, 0.4) is 0 Å². The van der Waals surface area contributed by atoms with Crippen molar-refractivity contribution >= 4 is 15.9 Å². The number of nitrogens with one attached hydrogen (secondary N) is 2. The highest BCUT2D eigenvalue weighted by molar-refractivity contribution is 7.89. The van der Waals surface area contributed by atoms with Gasteiger partial charge in [0, 0.05) is 25.6 Å². The van der Waals surface area contributed by atoms with Crippen LogP contribution in [-0.2, 0) is 21.4 Å². The lowest BCUT2D eigenvalue weighted by Gasteiger charge is -2.18. The molecular weight excluding hydrogens is 375 g/mol. The first-order valence-corrected chi connectivity index (χ1v) is 9.83. The van der Waals surface area contributed by atoms with Gasteiger partial charge in [0.1, 0.15) is 19.0 Å². The van der Waals surface area contributed by atoms with Gasteiger partial charge in [-0.2, -0.15) is 0 Å². The molecule has 1 aliphatic rings. The average molecular weight is 394 g/mol. The number of carbonyl (C=O) groups is 1. The molecule has 2 N–H and O–H groups in total. The molecule has 2 aromatic carbocycles. The van der Waals surface area contributed by atoms with Crippen molar-refractivity contribution in [2.45, 2.75) is 17.9 Å². The second-order valence-corrected chi connectivity index (χ2v) is 7.62. The van der Waals surface area contributed by atoms with Crippen LogP contribution in [0.4, 0.5) is 4.39 Å². The molecule has 0 atom stereocenters. The van der Waals surface area contributed by atoms with E-state index in [2.05, 4.69) is 10.0 Å². The maximum atomic E-state index is 12.8. The summed E-state index contributed by atoms with van der Waals surface area (Å²) in [5, 5.41) is 2.65. The van der Waals surface area contributed by atoms with Gasteiger partial charge < -0.3 is 14.8 Å². The molecule has 1 aliphatic heterocycles. The van der Waals surface area contributed by atoms with Crippen molar-refractivity contribution in [3.63, 3.8) is 0 Å². The predicted molar refractivity (Wildman–Crippen MR) is 95.5 cm³/mol. The van der Waals surface area contributed by atoms with E-state index in [4.69, 9.17) is 9.47 Å². The van der Waals surface area contributed by atoms with E-state index >= 15 is 0 Å². The van der Waals surface area contributed by atoms with Crippen LogP contribution in [-0.4, -0.2) is 34.1 Å². The normalized spacial score (nSPS) is 13.2. The molecule has 0 fully saturated rings. The van der Waals surface area contributed by atoms with Gasteiger partial charge in [-0.05, 0) is 29.8 Å². The molecule has 0 aliphatic carbocycles. The molecule has 27 heavy (non-hydrogen) atoms. The largest absolute Gasteiger partial charge is 0.486 e. The Bertz CT molecular complexity index is 916. The number of carbonyl (C=O) groups excluding carboxylic acids is 1. The Morgan fingerprint density at radius 3 is 2.48 bits per heavy atom. The lowest BCUT2D eigenvalue weighted by atomic mass is 10.2. The zero-order chi connectivity index (χ0) is 19.3. The number of benzene rings is 2. The summed E-state index contributed by atoms with van der Waals surface area (Å²) in [6.07, 6.45) is -0.0228. The molecule has 144 valence electrons. The topological polar surface area (TPSA) is 93.7 Å². The summed E-state index contributed by atoms with van der Waals surface area (Å²) in [5.41, 5.74) is 0.751. The van der Waals surface area contributed by atoms with Crippen LogP contribution >= 0.6 is 0 Å². The highest BCUT2D eigenvalue weighted by atomic mass is 32.2. The lowest BCUT2D eigenvalue weighted by molar-refractivity contribution is -0.121. The van der Waals surface area contributed by atoms with Crippen LogP contribution in [0.5, 0.6) is 11.5 Å². The molecule has 1 amide bonds. The van der Waals surface area contributed by atoms with E-state index in [1.54, 1.807) is 18.2 Å². The molecule has 0 spiro atoms. The average Bonchev–Trinajstić information content (AvgIpc) is 2.67. The number of sulfonamides is 1. The number of halogens is 1. The van der Waals surface area contributed by atoms with Crippen LogP contribution in [0.1, 0.15) is 12.0 Å². The Morgan fingerprint density at radius 2 is 1.74 bits per heavy atom. The lowest BCUT2D eigenvalue weighted by Crippen LogP contribution is -2.30. The smallest absolute Gasteiger partial charge is 0.240 e. The maximum absolute atomic E-state index is 12.8. The molecule has 0 radical (unpaired) electrons. The van der Waals surface area contributed by atoms with Gasteiger partial charge in [0.2, 0.25) is 15.9 Å². The van der Waals surface area contributed by atoms with Crippen molar-refractivity contribution in [3.8, 4) is 11.5 Å². The van der Waals surface area contributed by atoms with E-state index in [1.807, 2.05) is 0 Å². The van der Waals surface area contributed by atoms with Crippen molar-refractivity contribution in [3.05, 3.63) is 53.8 Å². The number of fused-ring (bicyclic) bond motifs is 1. The first-order chi connectivity index (χ1) is 12.9. The third-order valence-electron chi connectivity index (χ3n) is 3.87. The minimum atomic E-state index is -3.77. The van der Waals surface area contributed by atoms with Gasteiger partial charge in [0.25, 0.3) is 0 Å². The van der Waals surface area contributed by atoms with Crippen LogP contribution in [0.15, 0.2) is 47.4 Å². The van der Waals surface area contributed by atoms with Crippen molar-refractivity contribution < 1.29 is 27.1 Å². The fraction of sp³-hybridized carbons (Fsp3) is 0.278. The molecule has 3 rings (SSSR count). The van der Waals surface area contributed by atoms with Gasteiger partial charge in [-0.3, -0.25) is 4.79 Å². The summed E-state index contributed by atoms with van der Waals surface area (Å²) in [4.78, 5) is 11.9. The second-order valence-electron chi connectivity index (χ2n) is 5.86. The number of hydrogen-bond donors (Lipinski definition) is 2. The van der Waals surface area contributed by atoms with Gasteiger partial charge in [0.15, 0.2) is 11.5 Å². The Hall–Kier alpha value is -2.65. The van der Waals surface area contributed by atoms with Gasteiger partial charge >= 0.3 is 0 Å². The minimum Gasteiger partial charge on any atom is -0.486 e. The molecule has 1 heterocycles. The molecule has 0 saturated carbocycles. The summed E-state index contributed by atoms with van der Waals surface area (Å²) >= 11 is 0. The molecule has 7 nitrogen and oxygen atoms in total. The summed E-state index contributed by atoms with van der Waals surface area (Å²) in [7, 11) is -3.77. The predicted octanol–water partition coefficient (Wildman–Crippen LogP) is 1.58. The van der Waals surface area contributed by atoms with Crippen LogP contribution in [0.2, 0.25) is 0 Å². The van der Waals surface area contributed by atoms with Crippen LogP contribution in [0.25, 0.3) is 0 Å². The quantitative estimate of drug-likeness (QED) is 0.744. The number of amides is 1. The van der Waals surface area contributed by atoms with E-state index in [1.165, 1.54) is 24.3 Å². The van der Waals surface area contributed by atoms with Gasteiger partial charge in [-0.25, -0.2) is 17.5 Å². The molecule has 0 unspecified atom stereocenters. The zero-order valence-corrected chi connectivity index (χ0v) is 15.2. The van der Waals surface area contributed by atoms with E-state index < -0.39 is 10.0 Å². The third-order valence-corrected chi connectivity index (χ3v) is 5.33. The standard InChI is InChI=1S/C18H19FN2O5S/c19-14-3-1-13(2-4-14)12-20-18(22)7-8-21-27(23,24)15-5-6-16-17(11-15)26-10-9-25-16/h1-6,11,21H,7-10,12H2,(H,20,22). The van der Waals surface area contributed by atoms with Crippen LogP contribution < -0.4 is 19.5 Å². The highest BCUT2D eigenvalue weighted by Gasteiger charge is 2.19. The van der Waals surface area contributed by atoms with E-state index in [9.17, 15) is 17.6 Å². The zero-order valence-electron chi connectivity index (χ0n) is 14.4. The minimum absolute atomic E-state index is 0.0228. The van der Waals surface area contributed by atoms with Crippen molar-refractivity contribution in [2.75, 3.05) is 19.8 Å². The molecular formula is C18H19FN2O5S. The maximum Gasteiger partial charge on any atom is 0.240 e. The Labute approximate surface area is 156 Å². The molecule has 0 bridgehead atoms. The molecule has 9 heteroatoms. The Balaban J connectivity index is 1.48. The second kappa shape index (κ2) is 8.36. The number of rotatable bonds is 7. The Kier molecular flexibility index (Phi) is 5.92. The fourth-order valence-corrected chi connectivity index (χ4v) is 3.51. The highest BCUT2D eigenvalue weighted by Crippen LogP contribution is 2.32. The van der Waals surface area contributed by atoms with E-state index in [0.29, 0.717) is 24.7 Å². The van der Waals surface area contributed by atoms with E-state index in [-0.39, 0.29) is 36.1 Å². The summed E-state index contributed by atoms with van der Waals surface area (Å²) in [6.45, 7) is 0.975. The molecule has 2 aromatic rings. The van der Waals surface area contributed by atoms with Crippen molar-refractivity contribution in [1.29, 1.82) is 0 Å². The SMILES string of the molecule is O=C(CCNS(=O)(=O)c1ccc2c(c1)OCCO2)NCc1ccc(F)cc1. The van der Waals surface area contributed by atoms with Gasteiger partial charge in [0.05, 0.1) is 4.90 Å². The summed E-state index contributed by atoms with van der Waals surface area (Å²) < 4.78 is 50.6. The number of ether oxygens (including phenoxy) is 2. The summed E-state index contributed by atoms with van der Waals surface area (Å²) in [6, 6.07) is 10.1. The molecule has 0 aromatic heterocycles. The molecule has 0 saturated heterocycles. The summed E-state index contributed by atoms with van der Waals surface area (Å²) in [5.74, 6) is 0.212. The van der Waals surface area contributed by atoms with Gasteiger partial charge in [-0.1, -0.05) is 12.1 Å². The first-order valence-electron chi connectivity index (χ1n) is 8.34. The first kappa shape index (κ1) is 19.1. The van der Waals surface area contributed by atoms with Crippen molar-refractivity contribution in [1.82, 2.24) is 10.0 Å². The fourth-order valence-electron chi connectivity index (χ4n) is 2.46. The van der Waals surface area contributed by atoms with Crippen LogP contribution in [0, 0.1) is 5.82 Å². The number of hydrogen-bond acceptors (Lipinski definition) is 5. The Morgan fingerprint density at radius 1 is 1.04 bits per heavy atom. The monoisotopic (exact) mass is 394 g/mol. The third kappa shape index (κ3) is 5.18.